The Balaban J connectivity index is 0.880. The van der Waals surface area contributed by atoms with Gasteiger partial charge in [0.15, 0.2) is 0 Å². The van der Waals surface area contributed by atoms with Gasteiger partial charge < -0.3 is 9.64 Å². The van der Waals surface area contributed by atoms with Gasteiger partial charge in [0, 0.05) is 39.0 Å². The third kappa shape index (κ3) is 5.60. The predicted molar refractivity (Wildman–Crippen MR) is 296 cm³/mol. The zero-order valence-corrected chi connectivity index (χ0v) is 39.3. The summed E-state index contributed by atoms with van der Waals surface area (Å²) in [4.78, 5) is 2.41. The van der Waals surface area contributed by atoms with E-state index in [1.807, 2.05) is 0 Å². The quantitative estimate of drug-likeness (QED) is 0.165. The molecule has 12 aromatic carbocycles. The molecular formula is C70H45NO. The Bertz CT molecular complexity index is 4000. The van der Waals surface area contributed by atoms with E-state index in [0.717, 1.165) is 44.9 Å². The minimum atomic E-state index is -0.586. The number of ether oxygens (including phenoxy) is 1. The van der Waals surface area contributed by atoms with Gasteiger partial charge in [-0.1, -0.05) is 231 Å². The Kier molecular flexibility index (Phi) is 8.82. The number of rotatable bonds is 6. The van der Waals surface area contributed by atoms with Crippen LogP contribution in [0.5, 0.6) is 11.5 Å². The smallest absolute Gasteiger partial charge is 0.140 e. The van der Waals surface area contributed by atoms with Gasteiger partial charge in [-0.3, -0.25) is 0 Å². The highest BCUT2D eigenvalue weighted by Crippen LogP contribution is 2.64. The molecule has 1 aliphatic heterocycles. The summed E-state index contributed by atoms with van der Waals surface area (Å²) in [5.74, 6) is 1.86. The summed E-state index contributed by atoms with van der Waals surface area (Å²) in [5.41, 5.74) is 19.6. The number of anilines is 3. The van der Waals surface area contributed by atoms with Crippen LogP contribution >= 0.6 is 0 Å². The van der Waals surface area contributed by atoms with Crippen LogP contribution in [-0.4, -0.2) is 0 Å². The third-order valence-electron chi connectivity index (χ3n) is 16.0. The fourth-order valence-corrected chi connectivity index (χ4v) is 13.0. The van der Waals surface area contributed by atoms with Crippen molar-refractivity contribution in [2.45, 2.75) is 10.8 Å². The van der Waals surface area contributed by atoms with Crippen molar-refractivity contribution in [2.75, 3.05) is 4.90 Å². The molecule has 0 aromatic heterocycles. The fourth-order valence-electron chi connectivity index (χ4n) is 13.0. The second kappa shape index (κ2) is 15.6. The summed E-state index contributed by atoms with van der Waals surface area (Å²) in [7, 11) is 0. The molecule has 0 amide bonds. The average Bonchev–Trinajstić information content (AvgIpc) is 3.92. The molecule has 336 valence electrons. The lowest BCUT2D eigenvalue weighted by Gasteiger charge is -2.40. The monoisotopic (exact) mass is 915 g/mol. The lowest BCUT2D eigenvalue weighted by Crippen LogP contribution is -2.32. The summed E-state index contributed by atoms with van der Waals surface area (Å²) < 4.78 is 7.19. The first kappa shape index (κ1) is 40.6. The van der Waals surface area contributed by atoms with Crippen molar-refractivity contribution in [1.29, 1.82) is 0 Å². The second-order valence-electron chi connectivity index (χ2n) is 19.5. The van der Waals surface area contributed by atoms with Crippen LogP contribution in [0.25, 0.3) is 54.9 Å². The first-order chi connectivity index (χ1) is 35.7. The Morgan fingerprint density at radius 1 is 0.264 bits per heavy atom. The van der Waals surface area contributed by atoms with Gasteiger partial charge in [0.05, 0.1) is 10.8 Å². The maximum Gasteiger partial charge on any atom is 0.140 e. The third-order valence-corrected chi connectivity index (χ3v) is 16.0. The molecule has 0 atom stereocenters. The second-order valence-corrected chi connectivity index (χ2v) is 19.5. The zero-order valence-electron chi connectivity index (χ0n) is 39.3. The Labute approximate surface area is 419 Å². The van der Waals surface area contributed by atoms with Gasteiger partial charge in [-0.15, -0.1) is 0 Å². The number of fused-ring (bicyclic) bond motifs is 16. The predicted octanol–water partition coefficient (Wildman–Crippen LogP) is 18.0. The molecule has 0 unspecified atom stereocenters. The SMILES string of the molecule is c1ccc(N(c2ccc(-c3ccc4c(c3)-c3ccccc3C43c4ccc5ccccc5c4Oc4c3ccc3ccccc43)cc2)c2ccc3c(c2)C(c2ccccc2)(c2ccccc2)c2ccccc2-3)cc1. The topological polar surface area (TPSA) is 12.5 Å². The van der Waals surface area contributed by atoms with Crippen molar-refractivity contribution < 1.29 is 4.74 Å². The maximum atomic E-state index is 7.19. The Morgan fingerprint density at radius 3 is 1.33 bits per heavy atom. The molecule has 1 spiro atoms. The van der Waals surface area contributed by atoms with Crippen molar-refractivity contribution in [3.05, 3.63) is 317 Å². The van der Waals surface area contributed by atoms with Gasteiger partial charge in [-0.2, -0.15) is 0 Å². The van der Waals surface area contributed by atoms with Gasteiger partial charge in [0.25, 0.3) is 0 Å². The summed E-state index contributed by atoms with van der Waals surface area (Å²) in [6.07, 6.45) is 0. The maximum absolute atomic E-state index is 7.19. The van der Waals surface area contributed by atoms with Crippen LogP contribution < -0.4 is 9.64 Å². The summed E-state index contributed by atoms with van der Waals surface area (Å²) >= 11 is 0. The number of nitrogens with zero attached hydrogens (tertiary/aromatic N) is 1. The normalized spacial score (nSPS) is 13.9. The van der Waals surface area contributed by atoms with E-state index in [4.69, 9.17) is 4.74 Å². The molecule has 1 heterocycles. The summed E-state index contributed by atoms with van der Waals surface area (Å²) in [5, 5.41) is 4.58. The molecule has 2 heteroatoms. The highest BCUT2D eigenvalue weighted by Gasteiger charge is 2.52. The van der Waals surface area contributed by atoms with Gasteiger partial charge in [-0.05, 0) is 120 Å². The van der Waals surface area contributed by atoms with E-state index >= 15 is 0 Å². The first-order valence-electron chi connectivity index (χ1n) is 25.0. The van der Waals surface area contributed by atoms with E-state index < -0.39 is 10.8 Å². The first-order valence-corrected chi connectivity index (χ1v) is 25.0. The molecule has 0 bridgehead atoms. The molecule has 15 rings (SSSR count). The number of hydrogen-bond donors (Lipinski definition) is 0. The largest absolute Gasteiger partial charge is 0.455 e. The van der Waals surface area contributed by atoms with E-state index in [0.29, 0.717) is 0 Å². The molecule has 0 saturated carbocycles. The minimum Gasteiger partial charge on any atom is -0.455 e. The average molecular weight is 916 g/mol. The number of para-hydroxylation sites is 1. The fraction of sp³-hybridized carbons (Fsp3) is 0.0286. The minimum absolute atomic E-state index is 0.502. The molecule has 2 nitrogen and oxygen atoms in total. The molecule has 2 aliphatic carbocycles. The number of benzene rings is 12. The van der Waals surface area contributed by atoms with Gasteiger partial charge >= 0.3 is 0 Å². The van der Waals surface area contributed by atoms with Crippen molar-refractivity contribution in [2.24, 2.45) is 0 Å². The molecule has 3 aliphatic rings. The molecule has 72 heavy (non-hydrogen) atoms. The summed E-state index contributed by atoms with van der Waals surface area (Å²) in [6, 6.07) is 101. The molecule has 0 N–H and O–H groups in total. The van der Waals surface area contributed by atoms with Crippen LogP contribution in [0, 0.1) is 0 Å². The van der Waals surface area contributed by atoms with Crippen LogP contribution in [-0.2, 0) is 10.8 Å². The number of hydrogen-bond acceptors (Lipinski definition) is 2. The van der Waals surface area contributed by atoms with Crippen LogP contribution in [0.4, 0.5) is 17.1 Å². The van der Waals surface area contributed by atoms with E-state index in [1.165, 1.54) is 83.1 Å². The zero-order chi connectivity index (χ0) is 47.4. The molecule has 0 radical (unpaired) electrons. The van der Waals surface area contributed by atoms with Gasteiger partial charge in [0.2, 0.25) is 0 Å². The van der Waals surface area contributed by atoms with E-state index in [-0.39, 0.29) is 0 Å². The summed E-state index contributed by atoms with van der Waals surface area (Å²) in [6.45, 7) is 0. The van der Waals surface area contributed by atoms with Crippen LogP contribution in [0.3, 0.4) is 0 Å². The highest BCUT2D eigenvalue weighted by molar-refractivity contribution is 6.00. The Morgan fingerprint density at radius 2 is 0.708 bits per heavy atom. The van der Waals surface area contributed by atoms with Crippen molar-refractivity contribution in [3.63, 3.8) is 0 Å². The van der Waals surface area contributed by atoms with Crippen LogP contribution in [0.1, 0.15) is 44.5 Å². The van der Waals surface area contributed by atoms with Crippen molar-refractivity contribution in [3.8, 4) is 44.9 Å². The van der Waals surface area contributed by atoms with E-state index in [2.05, 4.69) is 278 Å². The van der Waals surface area contributed by atoms with Crippen molar-refractivity contribution >= 4 is 38.6 Å². The molecule has 0 fully saturated rings. The highest BCUT2D eigenvalue weighted by atomic mass is 16.5. The van der Waals surface area contributed by atoms with Crippen molar-refractivity contribution in [1.82, 2.24) is 0 Å². The van der Waals surface area contributed by atoms with Crippen LogP contribution in [0.15, 0.2) is 273 Å². The lowest BCUT2D eigenvalue weighted by atomic mass is 9.65. The van der Waals surface area contributed by atoms with E-state index in [9.17, 15) is 0 Å². The standard InChI is InChI=1S/C70H45NO/c1-4-20-50(21-5-1)69(51-22-6-2-7-23-51)61-30-16-14-28-57(61)59-40-39-54(45-66(59)69)71(52-24-8-3-9-25-52)53-37-32-46(33-38-53)49-36-41-63-60(44-49)58-29-15-17-31-62(58)70(63)64-42-34-47-18-10-12-26-55(47)67(64)72-68-56-27-13-11-19-48(56)35-43-65(68)70/h1-45H. The molecule has 0 saturated heterocycles. The van der Waals surface area contributed by atoms with Crippen LogP contribution in [0.2, 0.25) is 0 Å². The van der Waals surface area contributed by atoms with E-state index in [1.54, 1.807) is 0 Å². The Hall–Kier alpha value is -9.24. The van der Waals surface area contributed by atoms with Gasteiger partial charge in [0.1, 0.15) is 11.5 Å². The lowest BCUT2D eigenvalue weighted by molar-refractivity contribution is 0.447. The van der Waals surface area contributed by atoms with Gasteiger partial charge in [-0.25, -0.2) is 0 Å². The molecular weight excluding hydrogens is 871 g/mol. The molecule has 12 aromatic rings.